The van der Waals surface area contributed by atoms with Crippen LogP contribution in [-0.2, 0) is 6.54 Å². The summed E-state index contributed by atoms with van der Waals surface area (Å²) in [7, 11) is 2.19. The molecule has 3 heteroatoms. The van der Waals surface area contributed by atoms with Gasteiger partial charge in [-0.1, -0.05) is 0 Å². The lowest BCUT2D eigenvalue weighted by molar-refractivity contribution is 0.176. The fraction of sp³-hybridized carbons (Fsp3) is 0.667. The van der Waals surface area contributed by atoms with Crippen molar-refractivity contribution in [2.24, 2.45) is 5.73 Å². The van der Waals surface area contributed by atoms with Gasteiger partial charge in [-0.15, -0.1) is 0 Å². The van der Waals surface area contributed by atoms with Gasteiger partial charge >= 0.3 is 0 Å². The first-order valence-electron chi connectivity index (χ1n) is 5.72. The zero-order chi connectivity index (χ0) is 10.7. The van der Waals surface area contributed by atoms with Crippen LogP contribution in [0, 0.1) is 0 Å². The molecule has 1 aromatic rings. The van der Waals surface area contributed by atoms with E-state index >= 15 is 0 Å². The van der Waals surface area contributed by atoms with Crippen LogP contribution in [0.4, 0.5) is 0 Å². The minimum atomic E-state index is 0.434. The molecule has 2 rings (SSSR count). The van der Waals surface area contributed by atoms with Gasteiger partial charge in [-0.3, -0.25) is 4.90 Å². The van der Waals surface area contributed by atoms with Crippen molar-refractivity contribution in [1.29, 1.82) is 0 Å². The number of nitrogens with two attached hydrogens (primary N) is 1. The lowest BCUT2D eigenvalue weighted by atomic mass is 9.91. The predicted molar refractivity (Wildman–Crippen MR) is 60.4 cm³/mol. The SMILES string of the molecule is CN(Cc1ccoc1)C1CCC(N)CC1. The molecule has 84 valence electrons. The van der Waals surface area contributed by atoms with E-state index in [0.717, 1.165) is 6.54 Å². The van der Waals surface area contributed by atoms with Gasteiger partial charge in [0.1, 0.15) is 0 Å². The summed E-state index contributed by atoms with van der Waals surface area (Å²) in [5.41, 5.74) is 7.16. The van der Waals surface area contributed by atoms with Gasteiger partial charge in [0.25, 0.3) is 0 Å². The van der Waals surface area contributed by atoms with Crippen molar-refractivity contribution in [3.8, 4) is 0 Å². The molecule has 1 aromatic heterocycles. The third-order valence-electron chi connectivity index (χ3n) is 3.38. The zero-order valence-corrected chi connectivity index (χ0v) is 9.36. The molecule has 0 saturated heterocycles. The van der Waals surface area contributed by atoms with E-state index in [2.05, 4.69) is 11.9 Å². The molecule has 0 radical (unpaired) electrons. The summed E-state index contributed by atoms with van der Waals surface area (Å²) in [4.78, 5) is 2.41. The Morgan fingerprint density at radius 3 is 2.73 bits per heavy atom. The van der Waals surface area contributed by atoms with E-state index in [1.165, 1.54) is 31.2 Å². The van der Waals surface area contributed by atoms with Gasteiger partial charge in [-0.05, 0) is 38.8 Å². The van der Waals surface area contributed by atoms with E-state index < -0.39 is 0 Å². The van der Waals surface area contributed by atoms with Crippen LogP contribution >= 0.6 is 0 Å². The van der Waals surface area contributed by atoms with Crippen molar-refractivity contribution >= 4 is 0 Å². The molecule has 1 heterocycles. The molecular formula is C12H20N2O. The minimum absolute atomic E-state index is 0.434. The molecule has 0 bridgehead atoms. The van der Waals surface area contributed by atoms with Crippen LogP contribution < -0.4 is 5.73 Å². The molecule has 1 aliphatic carbocycles. The molecular weight excluding hydrogens is 188 g/mol. The average molecular weight is 208 g/mol. The number of hydrogen-bond acceptors (Lipinski definition) is 3. The monoisotopic (exact) mass is 208 g/mol. The fourth-order valence-corrected chi connectivity index (χ4v) is 2.34. The highest BCUT2D eigenvalue weighted by atomic mass is 16.3. The largest absolute Gasteiger partial charge is 0.472 e. The van der Waals surface area contributed by atoms with Gasteiger partial charge in [0.15, 0.2) is 0 Å². The second-order valence-corrected chi connectivity index (χ2v) is 4.62. The highest BCUT2D eigenvalue weighted by molar-refractivity contribution is 5.05. The zero-order valence-electron chi connectivity index (χ0n) is 9.36. The van der Waals surface area contributed by atoms with Crippen LogP contribution in [0.15, 0.2) is 23.0 Å². The Balaban J connectivity index is 1.83. The molecule has 0 amide bonds. The molecule has 15 heavy (non-hydrogen) atoms. The van der Waals surface area contributed by atoms with Gasteiger partial charge in [0.2, 0.25) is 0 Å². The van der Waals surface area contributed by atoms with Crippen molar-refractivity contribution in [2.45, 2.75) is 44.3 Å². The Kier molecular flexibility index (Phi) is 3.44. The lowest BCUT2D eigenvalue weighted by Crippen LogP contribution is -2.38. The summed E-state index contributed by atoms with van der Waals surface area (Å²) in [5, 5.41) is 0. The summed E-state index contributed by atoms with van der Waals surface area (Å²) in [6.07, 6.45) is 8.36. The van der Waals surface area contributed by atoms with Gasteiger partial charge in [-0.25, -0.2) is 0 Å². The first kappa shape index (κ1) is 10.7. The van der Waals surface area contributed by atoms with Gasteiger partial charge < -0.3 is 10.2 Å². The molecule has 1 fully saturated rings. The summed E-state index contributed by atoms with van der Waals surface area (Å²) in [6, 6.07) is 3.16. The van der Waals surface area contributed by atoms with Crippen molar-refractivity contribution < 1.29 is 4.42 Å². The van der Waals surface area contributed by atoms with Crippen LogP contribution in [0.5, 0.6) is 0 Å². The summed E-state index contributed by atoms with van der Waals surface area (Å²) < 4.78 is 5.07. The van der Waals surface area contributed by atoms with E-state index in [-0.39, 0.29) is 0 Å². The molecule has 1 aliphatic rings. The second kappa shape index (κ2) is 4.81. The maximum absolute atomic E-state index is 5.90. The lowest BCUT2D eigenvalue weighted by Gasteiger charge is -2.33. The summed E-state index contributed by atoms with van der Waals surface area (Å²) in [5.74, 6) is 0. The third kappa shape index (κ3) is 2.83. The number of rotatable bonds is 3. The summed E-state index contributed by atoms with van der Waals surface area (Å²) >= 11 is 0. The van der Waals surface area contributed by atoms with Gasteiger partial charge in [0, 0.05) is 24.2 Å². The van der Waals surface area contributed by atoms with Crippen molar-refractivity contribution in [2.75, 3.05) is 7.05 Å². The Morgan fingerprint density at radius 1 is 1.40 bits per heavy atom. The first-order chi connectivity index (χ1) is 7.25. The Hall–Kier alpha value is -0.800. The number of hydrogen-bond donors (Lipinski definition) is 1. The maximum atomic E-state index is 5.90. The minimum Gasteiger partial charge on any atom is -0.472 e. The molecule has 1 saturated carbocycles. The topological polar surface area (TPSA) is 42.4 Å². The number of furan rings is 1. The second-order valence-electron chi connectivity index (χ2n) is 4.62. The van der Waals surface area contributed by atoms with E-state index in [4.69, 9.17) is 10.2 Å². The molecule has 3 nitrogen and oxygen atoms in total. The van der Waals surface area contributed by atoms with E-state index in [1.807, 2.05) is 12.3 Å². The Bertz CT molecular complexity index is 276. The molecule has 2 N–H and O–H groups in total. The van der Waals surface area contributed by atoms with E-state index in [0.29, 0.717) is 12.1 Å². The van der Waals surface area contributed by atoms with E-state index in [9.17, 15) is 0 Å². The van der Waals surface area contributed by atoms with E-state index in [1.54, 1.807) is 6.26 Å². The average Bonchev–Trinajstić information content (AvgIpc) is 2.71. The van der Waals surface area contributed by atoms with Crippen molar-refractivity contribution in [1.82, 2.24) is 4.90 Å². The maximum Gasteiger partial charge on any atom is 0.0947 e. The quantitative estimate of drug-likeness (QED) is 0.826. The number of nitrogens with zero attached hydrogens (tertiary/aromatic N) is 1. The third-order valence-corrected chi connectivity index (χ3v) is 3.38. The van der Waals surface area contributed by atoms with Crippen LogP contribution in [-0.4, -0.2) is 24.0 Å². The van der Waals surface area contributed by atoms with Gasteiger partial charge in [-0.2, -0.15) is 0 Å². The Labute approximate surface area is 91.2 Å². The van der Waals surface area contributed by atoms with Crippen molar-refractivity contribution in [3.63, 3.8) is 0 Å². The van der Waals surface area contributed by atoms with Crippen LogP contribution in [0.25, 0.3) is 0 Å². The van der Waals surface area contributed by atoms with Crippen molar-refractivity contribution in [3.05, 3.63) is 24.2 Å². The highest BCUT2D eigenvalue weighted by Gasteiger charge is 2.21. The van der Waals surface area contributed by atoms with Crippen LogP contribution in [0.3, 0.4) is 0 Å². The molecule has 0 aliphatic heterocycles. The summed E-state index contributed by atoms with van der Waals surface area (Å²) in [6.45, 7) is 0.983. The fourth-order valence-electron chi connectivity index (χ4n) is 2.34. The molecule has 0 aromatic carbocycles. The standard InChI is InChI=1S/C12H20N2O/c1-14(8-10-6-7-15-9-10)12-4-2-11(13)3-5-12/h6-7,9,11-12H,2-5,8,13H2,1H3. The smallest absolute Gasteiger partial charge is 0.0947 e. The van der Waals surface area contributed by atoms with Crippen LogP contribution in [0.1, 0.15) is 31.2 Å². The first-order valence-corrected chi connectivity index (χ1v) is 5.72. The highest BCUT2D eigenvalue weighted by Crippen LogP contribution is 2.22. The predicted octanol–water partition coefficient (Wildman–Crippen LogP) is 1.98. The normalized spacial score (nSPS) is 27.1. The van der Waals surface area contributed by atoms with Crippen LogP contribution in [0.2, 0.25) is 0 Å². The molecule has 0 atom stereocenters. The Morgan fingerprint density at radius 2 is 2.13 bits per heavy atom. The molecule has 0 unspecified atom stereocenters. The molecule has 0 spiro atoms. The van der Waals surface area contributed by atoms with Gasteiger partial charge in [0.05, 0.1) is 12.5 Å².